The first-order valence-electron chi connectivity index (χ1n) is 2.28. The molecule has 0 aromatic carbocycles. The van der Waals surface area contributed by atoms with E-state index in [-0.39, 0.29) is 6.61 Å². The summed E-state index contributed by atoms with van der Waals surface area (Å²) in [5.74, 6) is 5.15. The van der Waals surface area contributed by atoms with Crippen molar-refractivity contribution in [1.29, 1.82) is 0 Å². The van der Waals surface area contributed by atoms with Crippen molar-refractivity contribution in [3.8, 4) is 0 Å². The van der Waals surface area contributed by atoms with Gasteiger partial charge in [0, 0.05) is 0 Å². The van der Waals surface area contributed by atoms with Crippen LogP contribution in [0, 0.1) is 0 Å². The summed E-state index contributed by atoms with van der Waals surface area (Å²) in [6.45, 7) is 0.183. The molecule has 1 fully saturated rings. The maximum atomic E-state index is 10.3. The largest absolute Gasteiger partial charge is 0.344 e. The summed E-state index contributed by atoms with van der Waals surface area (Å²) in [6.07, 6.45) is 0. The van der Waals surface area contributed by atoms with Gasteiger partial charge >= 0.3 is 6.03 Å². The van der Waals surface area contributed by atoms with E-state index in [0.29, 0.717) is 5.84 Å². The second-order valence-corrected chi connectivity index (χ2v) is 1.42. The van der Waals surface area contributed by atoms with Gasteiger partial charge in [-0.25, -0.2) is 10.3 Å². The molecule has 50 valence electrons. The SMILES string of the molecule is NN=C1CONC(=O)N1. The lowest BCUT2D eigenvalue weighted by atomic mass is 10.6. The zero-order valence-electron chi connectivity index (χ0n) is 4.55. The minimum atomic E-state index is -0.453. The number of carbonyl (C=O) groups excluding carboxylic acids is 1. The Morgan fingerprint density at radius 2 is 2.56 bits per heavy atom. The molecule has 6 nitrogen and oxygen atoms in total. The number of hydrazone groups is 1. The average Bonchev–Trinajstić information content (AvgIpc) is 1.88. The van der Waals surface area contributed by atoms with Gasteiger partial charge in [0.05, 0.1) is 0 Å². The van der Waals surface area contributed by atoms with Crippen LogP contribution in [0.3, 0.4) is 0 Å². The van der Waals surface area contributed by atoms with Gasteiger partial charge in [-0.2, -0.15) is 5.10 Å². The number of amides is 2. The fraction of sp³-hybridized carbons (Fsp3) is 0.333. The van der Waals surface area contributed by atoms with E-state index in [9.17, 15) is 4.79 Å². The monoisotopic (exact) mass is 130 g/mol. The Labute approximate surface area is 51.0 Å². The number of rotatable bonds is 0. The Hall–Kier alpha value is -1.30. The van der Waals surface area contributed by atoms with Crippen LogP contribution in [0.4, 0.5) is 4.79 Å². The highest BCUT2D eigenvalue weighted by atomic mass is 16.7. The zero-order valence-corrected chi connectivity index (χ0v) is 4.55. The Kier molecular flexibility index (Phi) is 1.50. The second-order valence-electron chi connectivity index (χ2n) is 1.42. The van der Waals surface area contributed by atoms with E-state index < -0.39 is 6.03 Å². The number of nitrogens with one attached hydrogen (secondary N) is 2. The lowest BCUT2D eigenvalue weighted by Crippen LogP contribution is -2.48. The van der Waals surface area contributed by atoms with Crippen molar-refractivity contribution in [3.63, 3.8) is 0 Å². The molecule has 0 spiro atoms. The molecule has 1 heterocycles. The van der Waals surface area contributed by atoms with E-state index >= 15 is 0 Å². The molecule has 0 radical (unpaired) electrons. The third-order valence-electron chi connectivity index (χ3n) is 0.787. The molecule has 0 aromatic rings. The summed E-state index contributed by atoms with van der Waals surface area (Å²) >= 11 is 0. The molecule has 0 bridgehead atoms. The second kappa shape index (κ2) is 2.31. The van der Waals surface area contributed by atoms with E-state index in [4.69, 9.17) is 5.84 Å². The summed E-state index contributed by atoms with van der Waals surface area (Å²) < 4.78 is 0. The highest BCUT2D eigenvalue weighted by Crippen LogP contribution is 1.80. The Bertz CT molecular complexity index is 154. The Morgan fingerprint density at radius 1 is 1.78 bits per heavy atom. The van der Waals surface area contributed by atoms with Crippen molar-refractivity contribution >= 4 is 11.9 Å². The van der Waals surface area contributed by atoms with E-state index in [0.717, 1.165) is 0 Å². The highest BCUT2D eigenvalue weighted by molar-refractivity contribution is 5.99. The molecule has 1 aliphatic rings. The van der Waals surface area contributed by atoms with E-state index in [1.807, 2.05) is 0 Å². The lowest BCUT2D eigenvalue weighted by Gasteiger charge is -2.13. The molecule has 1 rings (SSSR count). The summed E-state index contributed by atoms with van der Waals surface area (Å²) in [7, 11) is 0. The van der Waals surface area contributed by atoms with Crippen LogP contribution in [0.2, 0.25) is 0 Å². The fourth-order valence-electron chi connectivity index (χ4n) is 0.432. The molecule has 0 aromatic heterocycles. The van der Waals surface area contributed by atoms with Crippen molar-refractivity contribution < 1.29 is 9.63 Å². The first-order valence-corrected chi connectivity index (χ1v) is 2.28. The number of nitrogens with zero attached hydrogens (tertiary/aromatic N) is 1. The van der Waals surface area contributed by atoms with Crippen LogP contribution in [0.1, 0.15) is 0 Å². The number of carbonyl (C=O) groups is 1. The van der Waals surface area contributed by atoms with Crippen molar-refractivity contribution in [1.82, 2.24) is 10.8 Å². The topological polar surface area (TPSA) is 88.7 Å². The van der Waals surface area contributed by atoms with Crippen molar-refractivity contribution in [2.24, 2.45) is 10.9 Å². The summed E-state index contributed by atoms with van der Waals surface area (Å²) in [5, 5.41) is 5.53. The molecule has 9 heavy (non-hydrogen) atoms. The molecule has 0 saturated carbocycles. The summed E-state index contributed by atoms with van der Waals surface area (Å²) in [6, 6.07) is -0.453. The van der Waals surface area contributed by atoms with Gasteiger partial charge in [0.15, 0.2) is 5.84 Å². The molecule has 2 amide bonds. The smallest absolute Gasteiger partial charge is 0.321 e. The molecule has 1 aliphatic heterocycles. The zero-order chi connectivity index (χ0) is 6.69. The van der Waals surface area contributed by atoms with Crippen LogP contribution >= 0.6 is 0 Å². The van der Waals surface area contributed by atoms with Gasteiger partial charge in [0.25, 0.3) is 0 Å². The van der Waals surface area contributed by atoms with Crippen LogP contribution in [0.15, 0.2) is 5.10 Å². The normalized spacial score (nSPS) is 23.1. The molecule has 6 heteroatoms. The van der Waals surface area contributed by atoms with Gasteiger partial charge in [0.2, 0.25) is 0 Å². The molecule has 0 unspecified atom stereocenters. The first kappa shape index (κ1) is 5.83. The van der Waals surface area contributed by atoms with Crippen molar-refractivity contribution in [3.05, 3.63) is 0 Å². The maximum Gasteiger partial charge on any atom is 0.344 e. The molecule has 4 N–H and O–H groups in total. The summed E-state index contributed by atoms with van der Waals surface area (Å²) in [5.41, 5.74) is 2.06. The predicted octanol–water partition coefficient (Wildman–Crippen LogP) is -1.50. The Balaban J connectivity index is 2.51. The van der Waals surface area contributed by atoms with E-state index in [1.165, 1.54) is 0 Å². The standard InChI is InChI=1S/C3H6N4O2/c4-6-2-1-9-7-3(8)5-2/h1,4H2,(H2,5,6,7,8). The van der Waals surface area contributed by atoms with Crippen molar-refractivity contribution in [2.75, 3.05) is 6.61 Å². The molecule has 0 aliphatic carbocycles. The van der Waals surface area contributed by atoms with Crippen LogP contribution < -0.4 is 16.6 Å². The Morgan fingerprint density at radius 3 is 3.00 bits per heavy atom. The third kappa shape index (κ3) is 1.29. The van der Waals surface area contributed by atoms with Gasteiger partial charge in [-0.1, -0.05) is 0 Å². The molecule has 0 atom stereocenters. The van der Waals surface area contributed by atoms with Gasteiger partial charge in [-0.05, 0) is 0 Å². The number of hydrogen-bond donors (Lipinski definition) is 3. The van der Waals surface area contributed by atoms with Crippen LogP contribution in [0.25, 0.3) is 0 Å². The van der Waals surface area contributed by atoms with Gasteiger partial charge in [-0.15, -0.1) is 0 Å². The maximum absolute atomic E-state index is 10.3. The lowest BCUT2D eigenvalue weighted by molar-refractivity contribution is 0.0786. The van der Waals surface area contributed by atoms with Crippen molar-refractivity contribution in [2.45, 2.75) is 0 Å². The minimum absolute atomic E-state index is 0.183. The van der Waals surface area contributed by atoms with E-state index in [1.54, 1.807) is 0 Å². The minimum Gasteiger partial charge on any atom is -0.321 e. The van der Waals surface area contributed by atoms with Gasteiger partial charge in [0.1, 0.15) is 6.61 Å². The summed E-state index contributed by atoms with van der Waals surface area (Å²) in [4.78, 5) is 14.9. The average molecular weight is 130 g/mol. The fourth-order valence-corrected chi connectivity index (χ4v) is 0.432. The first-order chi connectivity index (χ1) is 4.33. The van der Waals surface area contributed by atoms with Crippen LogP contribution in [0.5, 0.6) is 0 Å². The number of nitrogens with two attached hydrogens (primary N) is 1. The van der Waals surface area contributed by atoms with E-state index in [2.05, 4.69) is 20.7 Å². The number of amidine groups is 1. The number of hydrogen-bond acceptors (Lipinski definition) is 4. The van der Waals surface area contributed by atoms with Crippen LogP contribution in [-0.2, 0) is 4.84 Å². The number of urea groups is 1. The molecule has 1 saturated heterocycles. The van der Waals surface area contributed by atoms with Gasteiger partial charge in [-0.3, -0.25) is 10.2 Å². The molecular formula is C3H6N4O2. The third-order valence-corrected chi connectivity index (χ3v) is 0.787. The predicted molar refractivity (Wildman–Crippen MR) is 29.2 cm³/mol. The quantitative estimate of drug-likeness (QED) is 0.275. The molecular weight excluding hydrogens is 124 g/mol. The van der Waals surface area contributed by atoms with Crippen LogP contribution in [-0.4, -0.2) is 18.5 Å². The highest BCUT2D eigenvalue weighted by Gasteiger charge is 2.11. The number of hydroxylamine groups is 1. The van der Waals surface area contributed by atoms with Gasteiger partial charge < -0.3 is 5.84 Å².